The Hall–Kier alpha value is -3.40. The van der Waals surface area contributed by atoms with Crippen molar-refractivity contribution < 1.29 is 9.29 Å². The van der Waals surface area contributed by atoms with Crippen LogP contribution in [-0.2, 0) is 31.4 Å². The lowest BCUT2D eigenvalue weighted by Crippen LogP contribution is -2.42. The summed E-state index contributed by atoms with van der Waals surface area (Å²) in [6, 6.07) is 18.3. The van der Waals surface area contributed by atoms with Gasteiger partial charge in [-0.05, 0) is 80.5 Å². The fourth-order valence-corrected chi connectivity index (χ4v) is 6.87. The molecular formula is C31H36N6O2S. The standard InChI is InChI=1S/C31H36N6O2S/c1-21-6-4-7-22(2)30(21)28-17-29-33-31(32-28)35-40(38)27-9-5-8-23(16-27)10-11-24-12-15-37(18-25(24)20-39-29)19-26-13-14-36(3)34-26/h4-9,13-14,16-17,24-25H,10-12,15,18-20H2,1-3H3,(H,32,33,35)/t24?,25-,40?/m1/s1. The molecule has 1 fully saturated rings. The number of ether oxygens (including phenoxy) is 1. The molecule has 4 bridgehead atoms. The fourth-order valence-electron chi connectivity index (χ4n) is 6.04. The van der Waals surface area contributed by atoms with E-state index in [4.69, 9.17) is 9.72 Å². The summed E-state index contributed by atoms with van der Waals surface area (Å²) in [7, 11) is 1.96. The van der Waals surface area contributed by atoms with Crippen LogP contribution in [0.3, 0.4) is 0 Å². The van der Waals surface area contributed by atoms with Crippen molar-refractivity contribution in [3.05, 3.63) is 83.2 Å². The third-order valence-corrected chi connectivity index (χ3v) is 9.17. The number of nitrogens with zero attached hydrogens (tertiary/aromatic N) is 5. The van der Waals surface area contributed by atoms with Crippen LogP contribution < -0.4 is 9.46 Å². The van der Waals surface area contributed by atoms with Crippen molar-refractivity contribution in [2.24, 2.45) is 18.9 Å². The van der Waals surface area contributed by atoms with Crippen molar-refractivity contribution in [3.8, 4) is 17.1 Å². The number of rotatable bonds is 3. The van der Waals surface area contributed by atoms with Gasteiger partial charge in [-0.2, -0.15) is 14.8 Å². The molecule has 2 aromatic carbocycles. The molecule has 40 heavy (non-hydrogen) atoms. The molecule has 6 rings (SSSR count). The molecule has 1 N–H and O–H groups in total. The van der Waals surface area contributed by atoms with E-state index in [9.17, 15) is 4.55 Å². The Morgan fingerprint density at radius 1 is 1.02 bits per heavy atom. The van der Waals surface area contributed by atoms with E-state index in [2.05, 4.69) is 57.8 Å². The van der Waals surface area contributed by atoms with Gasteiger partial charge >= 0.3 is 0 Å². The molecule has 1 saturated heterocycles. The maximum absolute atomic E-state index is 13.3. The number of piperidine rings is 1. The van der Waals surface area contributed by atoms with Gasteiger partial charge in [-0.25, -0.2) is 4.98 Å². The minimum Gasteiger partial charge on any atom is -0.588 e. The summed E-state index contributed by atoms with van der Waals surface area (Å²) in [5.74, 6) is 1.67. The van der Waals surface area contributed by atoms with Crippen LogP contribution in [0, 0.1) is 25.7 Å². The molecule has 0 aliphatic carbocycles. The first-order chi connectivity index (χ1) is 19.4. The molecule has 8 nitrogen and oxygen atoms in total. The van der Waals surface area contributed by atoms with Crippen LogP contribution >= 0.6 is 0 Å². The van der Waals surface area contributed by atoms with Gasteiger partial charge in [-0.1, -0.05) is 30.3 Å². The van der Waals surface area contributed by atoms with Gasteiger partial charge in [-0.15, -0.1) is 0 Å². The molecule has 9 heteroatoms. The highest BCUT2D eigenvalue weighted by molar-refractivity contribution is 7.92. The minimum atomic E-state index is -1.49. The van der Waals surface area contributed by atoms with E-state index in [1.54, 1.807) is 0 Å². The molecule has 2 aliphatic heterocycles. The Morgan fingerprint density at radius 2 is 1.85 bits per heavy atom. The van der Waals surface area contributed by atoms with Gasteiger partial charge in [0.1, 0.15) is 11.4 Å². The van der Waals surface area contributed by atoms with Gasteiger partial charge in [0.25, 0.3) is 5.95 Å². The number of anilines is 1. The minimum absolute atomic E-state index is 0.299. The molecule has 2 aromatic heterocycles. The number of fused-ring (bicyclic) bond motifs is 5. The molecule has 0 spiro atoms. The molecule has 4 aromatic rings. The molecule has 4 heterocycles. The summed E-state index contributed by atoms with van der Waals surface area (Å²) in [5, 5.41) is 4.60. The number of aromatic nitrogens is 4. The van der Waals surface area contributed by atoms with Crippen molar-refractivity contribution in [1.82, 2.24) is 24.6 Å². The number of hydrogen-bond donors (Lipinski definition) is 1. The van der Waals surface area contributed by atoms with E-state index in [0.717, 1.165) is 71.9 Å². The van der Waals surface area contributed by atoms with E-state index < -0.39 is 11.4 Å². The molecule has 3 atom stereocenters. The maximum Gasteiger partial charge on any atom is 0.269 e. The van der Waals surface area contributed by atoms with Crippen molar-refractivity contribution in [2.75, 3.05) is 24.4 Å². The zero-order chi connectivity index (χ0) is 27.6. The van der Waals surface area contributed by atoms with E-state index in [0.29, 0.717) is 30.3 Å². The third kappa shape index (κ3) is 6.01. The Bertz CT molecular complexity index is 1470. The molecular weight excluding hydrogens is 520 g/mol. The summed E-state index contributed by atoms with van der Waals surface area (Å²) in [5.41, 5.74) is 6.35. The van der Waals surface area contributed by atoms with Gasteiger partial charge in [0, 0.05) is 43.9 Å². The van der Waals surface area contributed by atoms with Crippen LogP contribution in [0.2, 0.25) is 0 Å². The van der Waals surface area contributed by atoms with Crippen molar-refractivity contribution >= 4 is 17.3 Å². The molecule has 2 unspecified atom stereocenters. The summed E-state index contributed by atoms with van der Waals surface area (Å²) in [6.45, 7) is 7.56. The second-order valence-electron chi connectivity index (χ2n) is 11.1. The quantitative estimate of drug-likeness (QED) is 0.352. The van der Waals surface area contributed by atoms with Crippen molar-refractivity contribution in [2.45, 2.75) is 44.6 Å². The van der Waals surface area contributed by atoms with E-state index >= 15 is 0 Å². The lowest BCUT2D eigenvalue weighted by Gasteiger charge is -2.38. The fraction of sp³-hybridized carbons (Fsp3) is 0.387. The largest absolute Gasteiger partial charge is 0.588 e. The van der Waals surface area contributed by atoms with Gasteiger partial charge in [-0.3, -0.25) is 9.58 Å². The normalized spacial score (nSPS) is 21.6. The van der Waals surface area contributed by atoms with Gasteiger partial charge in [0.05, 0.1) is 18.0 Å². The lowest BCUT2D eigenvalue weighted by molar-refractivity contribution is 0.0700. The first-order valence-electron chi connectivity index (χ1n) is 14.0. The van der Waals surface area contributed by atoms with Crippen LogP contribution in [0.1, 0.15) is 35.2 Å². The Kier molecular flexibility index (Phi) is 7.78. The molecule has 208 valence electrons. The molecule has 0 radical (unpaired) electrons. The van der Waals surface area contributed by atoms with E-state index in [-0.39, 0.29) is 0 Å². The predicted molar refractivity (Wildman–Crippen MR) is 157 cm³/mol. The number of likely N-dealkylation sites (tertiary alicyclic amines) is 1. The van der Waals surface area contributed by atoms with Crippen LogP contribution in [-0.4, -0.2) is 48.9 Å². The van der Waals surface area contributed by atoms with Crippen LogP contribution in [0.5, 0.6) is 5.88 Å². The number of benzene rings is 2. The number of hydrogen-bond acceptors (Lipinski definition) is 7. The second kappa shape index (κ2) is 11.6. The smallest absolute Gasteiger partial charge is 0.269 e. The number of nitrogens with one attached hydrogen (secondary N) is 1. The Balaban J connectivity index is 1.33. The average molecular weight is 557 g/mol. The van der Waals surface area contributed by atoms with Crippen molar-refractivity contribution in [3.63, 3.8) is 0 Å². The second-order valence-corrected chi connectivity index (χ2v) is 12.3. The summed E-state index contributed by atoms with van der Waals surface area (Å²) in [6.07, 6.45) is 5.13. The van der Waals surface area contributed by atoms with Crippen LogP contribution in [0.25, 0.3) is 11.3 Å². The molecule has 0 saturated carbocycles. The average Bonchev–Trinajstić information content (AvgIpc) is 3.35. The topological polar surface area (TPSA) is 91.2 Å². The van der Waals surface area contributed by atoms with Crippen LogP contribution in [0.15, 0.2) is 65.7 Å². The number of aryl methyl sites for hydroxylation is 4. The first-order valence-corrected chi connectivity index (χ1v) is 15.1. The lowest BCUT2D eigenvalue weighted by atomic mass is 9.82. The summed E-state index contributed by atoms with van der Waals surface area (Å²) < 4.78 is 24.7. The predicted octanol–water partition coefficient (Wildman–Crippen LogP) is 5.09. The summed E-state index contributed by atoms with van der Waals surface area (Å²) >= 11 is -1.49. The zero-order valence-corrected chi connectivity index (χ0v) is 24.2. The monoisotopic (exact) mass is 556 g/mol. The Morgan fingerprint density at radius 3 is 2.65 bits per heavy atom. The molecule has 2 aliphatic rings. The summed E-state index contributed by atoms with van der Waals surface area (Å²) in [4.78, 5) is 12.7. The third-order valence-electron chi connectivity index (χ3n) is 8.12. The zero-order valence-electron chi connectivity index (χ0n) is 23.3. The highest BCUT2D eigenvalue weighted by atomic mass is 32.2. The highest BCUT2D eigenvalue weighted by Gasteiger charge is 2.31. The van der Waals surface area contributed by atoms with Gasteiger partial charge in [0.2, 0.25) is 5.88 Å². The van der Waals surface area contributed by atoms with E-state index in [1.807, 2.05) is 48.3 Å². The maximum atomic E-state index is 13.3. The van der Waals surface area contributed by atoms with Crippen molar-refractivity contribution in [1.29, 1.82) is 0 Å². The SMILES string of the molecule is Cc1cccc(C)c1-c1cc2nc(n1)N[S+]([O-])c1cccc(c1)CCC1CCN(Cc3ccn(C)n3)C[C@@H]1CO2. The van der Waals surface area contributed by atoms with E-state index in [1.165, 1.54) is 5.56 Å². The Labute approximate surface area is 239 Å². The first kappa shape index (κ1) is 26.8. The van der Waals surface area contributed by atoms with Crippen LogP contribution in [0.4, 0.5) is 5.95 Å². The highest BCUT2D eigenvalue weighted by Crippen LogP contribution is 2.33. The van der Waals surface area contributed by atoms with Gasteiger partial charge < -0.3 is 9.29 Å². The van der Waals surface area contributed by atoms with Gasteiger partial charge in [0.15, 0.2) is 4.90 Å². The molecule has 0 amide bonds.